The number of aliphatic hydroxyl groups excluding tert-OH is 1. The first-order chi connectivity index (χ1) is 16.2. The number of aliphatic carboxylic acids is 2. The van der Waals surface area contributed by atoms with E-state index in [1.807, 2.05) is 0 Å². The van der Waals surface area contributed by atoms with Gasteiger partial charge in [-0.15, -0.1) is 0 Å². The third-order valence-corrected chi connectivity index (χ3v) is 4.91. The van der Waals surface area contributed by atoms with Gasteiger partial charge in [0.15, 0.2) is 5.96 Å². The topological polar surface area (TPSA) is 273 Å². The molecule has 0 fully saturated rings. The van der Waals surface area contributed by atoms with Gasteiger partial charge < -0.3 is 48.5 Å². The van der Waals surface area contributed by atoms with Crippen molar-refractivity contribution >= 4 is 35.6 Å². The molecule has 3 amide bonds. The average molecular weight is 504 g/mol. The Morgan fingerprint density at radius 3 is 1.89 bits per heavy atom. The van der Waals surface area contributed by atoms with E-state index in [4.69, 9.17) is 22.3 Å². The normalized spacial score (nSPS) is 15.1. The zero-order valence-corrected chi connectivity index (χ0v) is 20.1. The van der Waals surface area contributed by atoms with Gasteiger partial charge >= 0.3 is 11.9 Å². The third kappa shape index (κ3) is 12.5. The van der Waals surface area contributed by atoms with Gasteiger partial charge in [-0.2, -0.15) is 0 Å². The lowest BCUT2D eigenvalue weighted by molar-refractivity contribution is -0.143. The monoisotopic (exact) mass is 503 g/mol. The molecule has 200 valence electrons. The summed E-state index contributed by atoms with van der Waals surface area (Å²) >= 11 is 0. The van der Waals surface area contributed by atoms with Crippen LogP contribution in [0.1, 0.15) is 46.5 Å². The molecule has 0 heterocycles. The number of nitrogens with zero attached hydrogens (tertiary/aromatic N) is 1. The number of hydrogen-bond donors (Lipinski definition) is 9. The Labute approximate surface area is 202 Å². The SMILES string of the molecule is CC(C)C(NC(=O)C(CCCN=C(N)N)NC(=O)C(N)C(C)O)C(=O)NC(CCC(=O)O)C(=O)O. The maximum Gasteiger partial charge on any atom is 0.326 e. The second-order valence-corrected chi connectivity index (χ2v) is 8.34. The standard InChI is InChI=1S/C20H37N7O8/c1-9(2)15(18(33)26-12(19(34)35)6-7-13(29)30)27-16(31)11(5-4-8-24-20(22)23)25-17(32)14(21)10(3)28/h9-12,14-15,28H,4-8,21H2,1-3H3,(H,25,32)(H,26,33)(H,27,31)(H,29,30)(H,34,35)(H4,22,23,24). The molecular weight excluding hydrogens is 466 g/mol. The molecule has 0 saturated carbocycles. The number of carboxylic acids is 2. The molecule has 0 aliphatic carbocycles. The van der Waals surface area contributed by atoms with Crippen LogP contribution in [0.25, 0.3) is 0 Å². The number of carbonyl (C=O) groups excluding carboxylic acids is 3. The lowest BCUT2D eigenvalue weighted by atomic mass is 10.0. The van der Waals surface area contributed by atoms with Crippen molar-refractivity contribution in [1.29, 1.82) is 0 Å². The number of aliphatic hydroxyl groups is 1. The first kappa shape index (κ1) is 31.5. The second kappa shape index (κ2) is 15.4. The van der Waals surface area contributed by atoms with Gasteiger partial charge in [0.2, 0.25) is 17.7 Å². The molecular formula is C20H37N7O8. The summed E-state index contributed by atoms with van der Waals surface area (Å²) < 4.78 is 0. The van der Waals surface area contributed by atoms with E-state index in [0.29, 0.717) is 0 Å². The summed E-state index contributed by atoms with van der Waals surface area (Å²) in [6.45, 7) is 4.67. The maximum atomic E-state index is 13.0. The smallest absolute Gasteiger partial charge is 0.326 e. The van der Waals surface area contributed by atoms with E-state index in [1.54, 1.807) is 13.8 Å². The Morgan fingerprint density at radius 2 is 1.43 bits per heavy atom. The van der Waals surface area contributed by atoms with Crippen LogP contribution in [0.3, 0.4) is 0 Å². The van der Waals surface area contributed by atoms with E-state index >= 15 is 0 Å². The number of guanidine groups is 1. The second-order valence-electron chi connectivity index (χ2n) is 8.34. The van der Waals surface area contributed by atoms with Crippen LogP contribution >= 0.6 is 0 Å². The number of nitrogens with two attached hydrogens (primary N) is 3. The van der Waals surface area contributed by atoms with Crippen LogP contribution in [-0.2, 0) is 24.0 Å². The highest BCUT2D eigenvalue weighted by Crippen LogP contribution is 2.08. The molecule has 0 rings (SSSR count). The van der Waals surface area contributed by atoms with Gasteiger partial charge in [-0.1, -0.05) is 13.8 Å². The molecule has 0 aliphatic heterocycles. The summed E-state index contributed by atoms with van der Waals surface area (Å²) in [6, 6.07) is -5.15. The van der Waals surface area contributed by atoms with Crippen LogP contribution in [0, 0.1) is 5.92 Å². The van der Waals surface area contributed by atoms with Gasteiger partial charge in [-0.05, 0) is 32.1 Å². The van der Waals surface area contributed by atoms with Crippen molar-refractivity contribution in [2.45, 2.75) is 76.7 Å². The fourth-order valence-corrected chi connectivity index (χ4v) is 2.83. The predicted octanol–water partition coefficient (Wildman–Crippen LogP) is -3.19. The van der Waals surface area contributed by atoms with Crippen molar-refractivity contribution in [2.75, 3.05) is 6.54 Å². The largest absolute Gasteiger partial charge is 0.481 e. The average Bonchev–Trinajstić information content (AvgIpc) is 2.74. The molecule has 0 bridgehead atoms. The molecule has 15 nitrogen and oxygen atoms in total. The molecule has 0 aliphatic rings. The van der Waals surface area contributed by atoms with Crippen molar-refractivity contribution in [3.8, 4) is 0 Å². The van der Waals surface area contributed by atoms with Crippen molar-refractivity contribution in [3.63, 3.8) is 0 Å². The van der Waals surface area contributed by atoms with Crippen molar-refractivity contribution < 1.29 is 39.3 Å². The Morgan fingerprint density at radius 1 is 0.857 bits per heavy atom. The van der Waals surface area contributed by atoms with E-state index in [1.165, 1.54) is 6.92 Å². The minimum absolute atomic E-state index is 0.0592. The van der Waals surface area contributed by atoms with E-state index < -0.39 is 72.3 Å². The first-order valence-corrected chi connectivity index (χ1v) is 11.0. The lowest BCUT2D eigenvalue weighted by Gasteiger charge is -2.27. The minimum Gasteiger partial charge on any atom is -0.481 e. The molecule has 0 saturated heterocycles. The molecule has 35 heavy (non-hydrogen) atoms. The summed E-state index contributed by atoms with van der Waals surface area (Å²) in [6.07, 6.45) is -1.69. The fourth-order valence-electron chi connectivity index (χ4n) is 2.83. The van der Waals surface area contributed by atoms with Gasteiger partial charge in [0, 0.05) is 13.0 Å². The van der Waals surface area contributed by atoms with Gasteiger partial charge in [0.25, 0.3) is 0 Å². The molecule has 0 spiro atoms. The molecule has 0 aromatic carbocycles. The van der Waals surface area contributed by atoms with Crippen molar-refractivity contribution in [3.05, 3.63) is 0 Å². The summed E-state index contributed by atoms with van der Waals surface area (Å²) in [4.78, 5) is 64.0. The van der Waals surface area contributed by atoms with Crippen molar-refractivity contribution in [1.82, 2.24) is 16.0 Å². The predicted molar refractivity (Wildman–Crippen MR) is 125 cm³/mol. The number of carbonyl (C=O) groups is 5. The van der Waals surface area contributed by atoms with Crippen LogP contribution in [0.4, 0.5) is 0 Å². The fraction of sp³-hybridized carbons (Fsp3) is 0.700. The van der Waals surface area contributed by atoms with E-state index in [2.05, 4.69) is 20.9 Å². The van der Waals surface area contributed by atoms with Crippen LogP contribution in [0.2, 0.25) is 0 Å². The molecule has 0 radical (unpaired) electrons. The molecule has 15 heteroatoms. The number of hydrogen-bond acceptors (Lipinski definition) is 8. The molecule has 5 unspecified atom stereocenters. The number of rotatable bonds is 16. The third-order valence-electron chi connectivity index (χ3n) is 4.91. The van der Waals surface area contributed by atoms with Crippen LogP contribution < -0.4 is 33.2 Å². The molecule has 0 aromatic heterocycles. The number of carboxylic acid groups (broad SMARTS) is 2. The minimum atomic E-state index is -1.48. The maximum absolute atomic E-state index is 13.0. The van der Waals surface area contributed by atoms with Crippen molar-refractivity contribution in [2.24, 2.45) is 28.1 Å². The number of amides is 3. The van der Waals surface area contributed by atoms with E-state index in [0.717, 1.165) is 0 Å². The summed E-state index contributed by atoms with van der Waals surface area (Å²) in [7, 11) is 0. The number of nitrogens with one attached hydrogen (secondary N) is 3. The van der Waals surface area contributed by atoms with E-state index in [-0.39, 0.29) is 31.8 Å². The summed E-state index contributed by atoms with van der Waals surface area (Å²) in [5.41, 5.74) is 16.2. The summed E-state index contributed by atoms with van der Waals surface area (Å²) in [5, 5.41) is 34.7. The first-order valence-electron chi connectivity index (χ1n) is 11.0. The molecule has 12 N–H and O–H groups in total. The van der Waals surface area contributed by atoms with Crippen LogP contribution in [0.5, 0.6) is 0 Å². The summed E-state index contributed by atoms with van der Waals surface area (Å²) in [5.74, 6) is -5.69. The number of aliphatic imine (C=N–C) groups is 1. The molecule has 0 aromatic rings. The Kier molecular flexibility index (Phi) is 13.9. The van der Waals surface area contributed by atoms with Gasteiger partial charge in [-0.3, -0.25) is 24.2 Å². The Balaban J connectivity index is 5.52. The van der Waals surface area contributed by atoms with E-state index in [9.17, 15) is 34.2 Å². The van der Waals surface area contributed by atoms with Gasteiger partial charge in [0.05, 0.1) is 6.10 Å². The lowest BCUT2D eigenvalue weighted by Crippen LogP contribution is -2.59. The zero-order valence-electron chi connectivity index (χ0n) is 20.1. The van der Waals surface area contributed by atoms with Crippen LogP contribution in [-0.4, -0.2) is 87.8 Å². The highest BCUT2D eigenvalue weighted by atomic mass is 16.4. The Hall–Kier alpha value is -3.46. The quantitative estimate of drug-likeness (QED) is 0.0574. The highest BCUT2D eigenvalue weighted by Gasteiger charge is 2.32. The Bertz CT molecular complexity index is 783. The zero-order chi connectivity index (χ0) is 27.3. The molecule has 5 atom stereocenters. The highest BCUT2D eigenvalue weighted by molar-refractivity contribution is 5.94. The van der Waals surface area contributed by atoms with Crippen LogP contribution in [0.15, 0.2) is 4.99 Å². The van der Waals surface area contributed by atoms with Gasteiger partial charge in [0.1, 0.15) is 24.2 Å². The van der Waals surface area contributed by atoms with Gasteiger partial charge in [-0.25, -0.2) is 4.79 Å².